The van der Waals surface area contributed by atoms with Crippen LogP contribution in [0.4, 0.5) is 5.69 Å². The van der Waals surface area contributed by atoms with Gasteiger partial charge in [-0.25, -0.2) is 0 Å². The van der Waals surface area contributed by atoms with E-state index in [1.165, 1.54) is 0 Å². The van der Waals surface area contributed by atoms with Gasteiger partial charge in [0.25, 0.3) is 0 Å². The summed E-state index contributed by atoms with van der Waals surface area (Å²) in [6.45, 7) is 13.5. The summed E-state index contributed by atoms with van der Waals surface area (Å²) in [5.74, 6) is -0.0991. The van der Waals surface area contributed by atoms with E-state index in [2.05, 4.69) is 53.7 Å². The van der Waals surface area contributed by atoms with Gasteiger partial charge in [-0.2, -0.15) is 0 Å². The molecule has 1 aromatic carbocycles. The third-order valence-corrected chi connectivity index (χ3v) is 4.82. The molecule has 1 aromatic rings. The summed E-state index contributed by atoms with van der Waals surface area (Å²) >= 11 is 0. The zero-order chi connectivity index (χ0) is 21.8. The van der Waals surface area contributed by atoms with Crippen LogP contribution < -0.4 is 4.90 Å². The first-order valence-corrected chi connectivity index (χ1v) is 11.0. The van der Waals surface area contributed by atoms with Crippen molar-refractivity contribution in [1.82, 2.24) is 0 Å². The Kier molecular flexibility index (Phi) is 11.4. The van der Waals surface area contributed by atoms with Crippen LogP contribution in [-0.2, 0) is 19.1 Å². The number of ether oxygens (including phenoxy) is 2. The van der Waals surface area contributed by atoms with Crippen molar-refractivity contribution in [2.24, 2.45) is 0 Å². The highest BCUT2D eigenvalue weighted by Gasteiger charge is 2.24. The molecular formula is C24H39NO4. The highest BCUT2D eigenvalue weighted by molar-refractivity contribution is 5.83. The lowest BCUT2D eigenvalue weighted by atomic mass is 9.92. The average molecular weight is 406 g/mol. The van der Waals surface area contributed by atoms with Crippen LogP contribution in [0.25, 0.3) is 0 Å². The van der Waals surface area contributed by atoms with Crippen molar-refractivity contribution in [2.45, 2.75) is 79.1 Å². The van der Waals surface area contributed by atoms with Gasteiger partial charge in [-0.3, -0.25) is 9.59 Å². The van der Waals surface area contributed by atoms with Gasteiger partial charge in [0.2, 0.25) is 0 Å². The van der Waals surface area contributed by atoms with Gasteiger partial charge in [0.05, 0.1) is 13.2 Å². The molecule has 0 aliphatic heterocycles. The zero-order valence-corrected chi connectivity index (χ0v) is 19.1. The van der Waals surface area contributed by atoms with Crippen molar-refractivity contribution >= 4 is 17.6 Å². The smallest absolute Gasteiger partial charge is 0.325 e. The molecule has 0 aliphatic rings. The fourth-order valence-corrected chi connectivity index (χ4v) is 3.15. The molecule has 0 radical (unpaired) electrons. The molecule has 0 saturated heterocycles. The Morgan fingerprint density at radius 2 is 1.24 bits per heavy atom. The summed E-state index contributed by atoms with van der Waals surface area (Å²) in [7, 11) is 0. The predicted molar refractivity (Wildman–Crippen MR) is 119 cm³/mol. The van der Waals surface area contributed by atoms with E-state index in [9.17, 15) is 9.59 Å². The summed E-state index contributed by atoms with van der Waals surface area (Å²) in [4.78, 5) is 26.8. The lowest BCUT2D eigenvalue weighted by Gasteiger charge is -2.30. The van der Waals surface area contributed by atoms with Gasteiger partial charge in [0.15, 0.2) is 0 Å². The molecule has 0 heterocycles. The summed E-state index contributed by atoms with van der Waals surface area (Å²) in [5, 5.41) is 0. The van der Waals surface area contributed by atoms with Crippen molar-refractivity contribution in [3.63, 3.8) is 0 Å². The van der Waals surface area contributed by atoms with E-state index in [1.807, 2.05) is 11.0 Å². The first-order valence-electron chi connectivity index (χ1n) is 11.0. The van der Waals surface area contributed by atoms with Gasteiger partial charge < -0.3 is 14.4 Å². The van der Waals surface area contributed by atoms with E-state index in [0.717, 1.165) is 42.5 Å². The van der Waals surface area contributed by atoms with Crippen LogP contribution in [0.15, 0.2) is 18.2 Å². The molecule has 0 spiro atoms. The number of benzene rings is 1. The van der Waals surface area contributed by atoms with Gasteiger partial charge in [0.1, 0.15) is 13.1 Å². The molecule has 0 aliphatic carbocycles. The van der Waals surface area contributed by atoms with Crippen molar-refractivity contribution in [3.05, 3.63) is 29.3 Å². The van der Waals surface area contributed by atoms with Gasteiger partial charge in [0, 0.05) is 5.69 Å². The Labute approximate surface area is 176 Å². The number of nitrogens with zero attached hydrogens (tertiary/aromatic N) is 1. The van der Waals surface area contributed by atoms with Gasteiger partial charge >= 0.3 is 11.9 Å². The molecule has 5 nitrogen and oxygen atoms in total. The van der Waals surface area contributed by atoms with Crippen LogP contribution >= 0.6 is 0 Å². The minimum atomic E-state index is -0.312. The highest BCUT2D eigenvalue weighted by Crippen LogP contribution is 2.35. The first-order chi connectivity index (χ1) is 13.8. The Hall–Kier alpha value is -2.04. The van der Waals surface area contributed by atoms with E-state index in [0.29, 0.717) is 13.2 Å². The molecule has 29 heavy (non-hydrogen) atoms. The molecule has 0 atom stereocenters. The van der Waals surface area contributed by atoms with Crippen LogP contribution in [-0.4, -0.2) is 38.2 Å². The molecule has 0 aromatic heterocycles. The van der Waals surface area contributed by atoms with Crippen molar-refractivity contribution in [3.8, 4) is 0 Å². The number of para-hydroxylation sites is 1. The third-order valence-electron chi connectivity index (χ3n) is 4.82. The normalized spacial score (nSPS) is 11.0. The molecule has 0 bridgehead atoms. The van der Waals surface area contributed by atoms with E-state index in [-0.39, 0.29) is 36.9 Å². The van der Waals surface area contributed by atoms with Crippen LogP contribution in [0.5, 0.6) is 0 Å². The molecule has 164 valence electrons. The summed E-state index contributed by atoms with van der Waals surface area (Å²) in [6, 6.07) is 6.19. The Morgan fingerprint density at radius 1 is 0.828 bits per heavy atom. The summed E-state index contributed by atoms with van der Waals surface area (Å²) in [5.41, 5.74) is 3.20. The lowest BCUT2D eigenvalue weighted by molar-refractivity contribution is -0.143. The van der Waals surface area contributed by atoms with Gasteiger partial charge in [-0.05, 0) is 35.8 Å². The molecule has 5 heteroatoms. The Bertz CT molecular complexity index is 590. The predicted octanol–water partition coefficient (Wildman–Crippen LogP) is 5.43. The number of hydrogen-bond donors (Lipinski definition) is 0. The summed E-state index contributed by atoms with van der Waals surface area (Å²) < 4.78 is 10.8. The maximum Gasteiger partial charge on any atom is 0.325 e. The van der Waals surface area contributed by atoms with Crippen LogP contribution in [0, 0.1) is 0 Å². The van der Waals surface area contributed by atoms with Gasteiger partial charge in [-0.15, -0.1) is 0 Å². The molecule has 0 saturated carbocycles. The number of hydrogen-bond acceptors (Lipinski definition) is 5. The molecule has 0 amide bonds. The molecule has 0 N–H and O–H groups in total. The fraction of sp³-hybridized carbons (Fsp3) is 0.667. The topological polar surface area (TPSA) is 55.8 Å². The van der Waals surface area contributed by atoms with Crippen molar-refractivity contribution < 1.29 is 19.1 Å². The molecular weight excluding hydrogens is 366 g/mol. The number of rotatable bonds is 13. The van der Waals surface area contributed by atoms with Crippen LogP contribution in [0.3, 0.4) is 0 Å². The minimum Gasteiger partial charge on any atom is -0.464 e. The van der Waals surface area contributed by atoms with E-state index in [4.69, 9.17) is 9.47 Å². The maximum absolute atomic E-state index is 12.5. The monoisotopic (exact) mass is 405 g/mol. The maximum atomic E-state index is 12.5. The van der Waals surface area contributed by atoms with Crippen molar-refractivity contribution in [1.29, 1.82) is 0 Å². The second-order valence-corrected chi connectivity index (χ2v) is 8.10. The largest absolute Gasteiger partial charge is 0.464 e. The van der Waals surface area contributed by atoms with Gasteiger partial charge in [-0.1, -0.05) is 72.6 Å². The number of esters is 2. The number of carbonyl (C=O) groups is 2. The molecule has 1 rings (SSSR count). The number of carbonyl (C=O) groups excluding carboxylic acids is 2. The second-order valence-electron chi connectivity index (χ2n) is 8.10. The molecule has 0 unspecified atom stereocenters. The van der Waals surface area contributed by atoms with Crippen LogP contribution in [0.2, 0.25) is 0 Å². The fourth-order valence-electron chi connectivity index (χ4n) is 3.15. The average Bonchev–Trinajstić information content (AvgIpc) is 2.67. The summed E-state index contributed by atoms with van der Waals surface area (Å²) in [6.07, 6.45) is 3.61. The SMILES string of the molecule is CCCCOC(=O)CN(CC(=O)OCCCC)c1c(C(C)C)cccc1C(C)C. The van der Waals surface area contributed by atoms with E-state index >= 15 is 0 Å². The number of anilines is 1. The molecule has 0 fully saturated rings. The van der Waals surface area contributed by atoms with E-state index < -0.39 is 0 Å². The third kappa shape index (κ3) is 8.46. The standard InChI is InChI=1S/C24H39NO4/c1-7-9-14-28-22(26)16-25(17-23(27)29-15-10-8-2)24-20(18(3)4)12-11-13-21(24)19(5)6/h11-13,18-19H,7-10,14-17H2,1-6H3. The number of unbranched alkanes of at least 4 members (excludes halogenated alkanes) is 2. The Morgan fingerprint density at radius 3 is 1.59 bits per heavy atom. The quantitative estimate of drug-likeness (QED) is 0.324. The van der Waals surface area contributed by atoms with Crippen LogP contribution in [0.1, 0.15) is 90.2 Å². The zero-order valence-electron chi connectivity index (χ0n) is 19.1. The lowest BCUT2D eigenvalue weighted by Crippen LogP contribution is -2.38. The minimum absolute atomic E-state index is 0.0377. The Balaban J connectivity index is 3.18. The van der Waals surface area contributed by atoms with E-state index in [1.54, 1.807) is 0 Å². The highest BCUT2D eigenvalue weighted by atomic mass is 16.5. The van der Waals surface area contributed by atoms with Crippen molar-refractivity contribution in [2.75, 3.05) is 31.2 Å². The first kappa shape index (κ1) is 25.0. The second kappa shape index (κ2) is 13.2.